The van der Waals surface area contributed by atoms with Crippen molar-refractivity contribution in [3.8, 4) is 0 Å². The molecule has 0 radical (unpaired) electrons. The molecule has 8 heteroatoms. The highest BCUT2D eigenvalue weighted by Gasteiger charge is 2.56. The van der Waals surface area contributed by atoms with E-state index in [2.05, 4.69) is 9.47 Å². The van der Waals surface area contributed by atoms with Gasteiger partial charge in [-0.05, 0) is 20.3 Å². The zero-order valence-corrected chi connectivity index (χ0v) is 9.31. The van der Waals surface area contributed by atoms with Crippen LogP contribution in [0.1, 0.15) is 26.7 Å². The minimum Gasteiger partial charge on any atom is -0.434 e. The molecule has 0 N–H and O–H groups in total. The average Bonchev–Trinajstić information content (AvgIpc) is 2.09. The van der Waals surface area contributed by atoms with E-state index in [1.165, 1.54) is 0 Å². The van der Waals surface area contributed by atoms with Gasteiger partial charge in [0.25, 0.3) is 0 Å². The molecule has 0 rings (SSSR count). The highest BCUT2D eigenvalue weighted by Crippen LogP contribution is 2.38. The van der Waals surface area contributed by atoms with Gasteiger partial charge in [-0.25, -0.2) is 4.79 Å². The standard InChI is InChI=1S/C9H13F5O3/c1-6(2)17-7(15)16-5-3-4-8(10,11)9(12,13)14/h6H,3-5H2,1-2H3. The molecule has 3 nitrogen and oxygen atoms in total. The maximum Gasteiger partial charge on any atom is 0.508 e. The molecule has 102 valence electrons. The first kappa shape index (κ1) is 15.9. The molecule has 0 saturated carbocycles. The smallest absolute Gasteiger partial charge is 0.434 e. The van der Waals surface area contributed by atoms with E-state index in [1.807, 2.05) is 0 Å². The zero-order chi connectivity index (χ0) is 13.7. The molecular weight excluding hydrogens is 251 g/mol. The molecule has 17 heavy (non-hydrogen) atoms. The SMILES string of the molecule is CC(C)OC(=O)OCCCC(F)(F)C(F)(F)F. The molecule has 0 aromatic carbocycles. The molecule has 0 bridgehead atoms. The number of rotatable bonds is 5. The van der Waals surface area contributed by atoms with Crippen molar-refractivity contribution < 1.29 is 36.2 Å². The van der Waals surface area contributed by atoms with Gasteiger partial charge in [-0.1, -0.05) is 0 Å². The van der Waals surface area contributed by atoms with Crippen molar-refractivity contribution in [2.45, 2.75) is 44.9 Å². The zero-order valence-electron chi connectivity index (χ0n) is 9.31. The topological polar surface area (TPSA) is 35.5 Å². The summed E-state index contributed by atoms with van der Waals surface area (Å²) >= 11 is 0. The Morgan fingerprint density at radius 3 is 2.12 bits per heavy atom. The van der Waals surface area contributed by atoms with Crippen molar-refractivity contribution in [3.05, 3.63) is 0 Å². The maximum absolute atomic E-state index is 12.4. The van der Waals surface area contributed by atoms with E-state index in [1.54, 1.807) is 13.8 Å². The molecular formula is C9H13F5O3. The van der Waals surface area contributed by atoms with E-state index < -0.39 is 43.8 Å². The molecule has 0 aromatic heterocycles. The Kier molecular flexibility index (Phi) is 5.63. The summed E-state index contributed by atoms with van der Waals surface area (Å²) in [4.78, 5) is 10.7. The quantitative estimate of drug-likeness (QED) is 0.433. The van der Waals surface area contributed by atoms with Crippen LogP contribution in [0.15, 0.2) is 0 Å². The van der Waals surface area contributed by atoms with Crippen LogP contribution < -0.4 is 0 Å². The van der Waals surface area contributed by atoms with E-state index in [4.69, 9.17) is 0 Å². The van der Waals surface area contributed by atoms with Crippen LogP contribution in [0.3, 0.4) is 0 Å². The van der Waals surface area contributed by atoms with Crippen LogP contribution in [0.25, 0.3) is 0 Å². The molecule has 0 fully saturated rings. The predicted octanol–water partition coefficient (Wildman–Crippen LogP) is 3.53. The molecule has 0 unspecified atom stereocenters. The van der Waals surface area contributed by atoms with E-state index in [9.17, 15) is 26.7 Å². The molecule has 0 aromatic rings. The Morgan fingerprint density at radius 1 is 1.18 bits per heavy atom. The van der Waals surface area contributed by atoms with Gasteiger partial charge in [-0.3, -0.25) is 0 Å². The summed E-state index contributed by atoms with van der Waals surface area (Å²) < 4.78 is 68.6. The van der Waals surface area contributed by atoms with E-state index in [0.29, 0.717) is 0 Å². The van der Waals surface area contributed by atoms with Gasteiger partial charge in [-0.2, -0.15) is 22.0 Å². The highest BCUT2D eigenvalue weighted by molar-refractivity contribution is 5.59. The van der Waals surface area contributed by atoms with Crippen LogP contribution in [-0.4, -0.2) is 31.0 Å². The molecule has 0 aliphatic heterocycles. The predicted molar refractivity (Wildman–Crippen MR) is 47.8 cm³/mol. The monoisotopic (exact) mass is 264 g/mol. The van der Waals surface area contributed by atoms with Gasteiger partial charge in [0.05, 0.1) is 12.7 Å². The fourth-order valence-corrected chi connectivity index (χ4v) is 0.818. The number of ether oxygens (including phenoxy) is 2. The normalized spacial score (nSPS) is 12.7. The summed E-state index contributed by atoms with van der Waals surface area (Å²) in [6.07, 6.45) is -9.13. The van der Waals surface area contributed by atoms with Crippen LogP contribution in [-0.2, 0) is 9.47 Å². The van der Waals surface area contributed by atoms with Crippen molar-refractivity contribution in [1.82, 2.24) is 0 Å². The summed E-state index contributed by atoms with van der Waals surface area (Å²) in [6, 6.07) is 0. The third-order valence-corrected chi connectivity index (χ3v) is 1.60. The highest BCUT2D eigenvalue weighted by atomic mass is 19.4. The Balaban J connectivity index is 3.82. The van der Waals surface area contributed by atoms with Crippen LogP contribution in [0.4, 0.5) is 26.7 Å². The van der Waals surface area contributed by atoms with Crippen molar-refractivity contribution >= 4 is 6.16 Å². The summed E-state index contributed by atoms with van der Waals surface area (Å²) in [5.74, 6) is -4.77. The molecule has 0 heterocycles. The van der Waals surface area contributed by atoms with Crippen molar-refractivity contribution in [2.75, 3.05) is 6.61 Å². The summed E-state index contributed by atoms with van der Waals surface area (Å²) in [5.41, 5.74) is 0. The summed E-state index contributed by atoms with van der Waals surface area (Å²) in [5, 5.41) is 0. The van der Waals surface area contributed by atoms with Gasteiger partial charge < -0.3 is 9.47 Å². The third kappa shape index (κ3) is 6.28. The van der Waals surface area contributed by atoms with Gasteiger partial charge in [-0.15, -0.1) is 0 Å². The molecule has 0 saturated heterocycles. The largest absolute Gasteiger partial charge is 0.508 e. The molecule has 0 spiro atoms. The second-order valence-electron chi connectivity index (χ2n) is 3.57. The van der Waals surface area contributed by atoms with Gasteiger partial charge in [0.1, 0.15) is 0 Å². The van der Waals surface area contributed by atoms with E-state index in [0.717, 1.165) is 0 Å². The van der Waals surface area contributed by atoms with Gasteiger partial charge in [0, 0.05) is 6.42 Å². The second-order valence-corrected chi connectivity index (χ2v) is 3.57. The summed E-state index contributed by atoms with van der Waals surface area (Å²) in [6.45, 7) is 2.54. The number of halogens is 5. The molecule has 0 amide bonds. The first-order chi connectivity index (χ1) is 7.56. The average molecular weight is 264 g/mol. The number of hydrogen-bond donors (Lipinski definition) is 0. The lowest BCUT2D eigenvalue weighted by Gasteiger charge is -2.19. The molecule has 0 aliphatic carbocycles. The van der Waals surface area contributed by atoms with Crippen molar-refractivity contribution in [2.24, 2.45) is 0 Å². The Morgan fingerprint density at radius 2 is 1.71 bits per heavy atom. The van der Waals surface area contributed by atoms with E-state index in [-0.39, 0.29) is 0 Å². The van der Waals surface area contributed by atoms with Crippen molar-refractivity contribution in [3.63, 3.8) is 0 Å². The first-order valence-corrected chi connectivity index (χ1v) is 4.84. The van der Waals surface area contributed by atoms with E-state index >= 15 is 0 Å². The lowest BCUT2D eigenvalue weighted by Crippen LogP contribution is -2.36. The fraction of sp³-hybridized carbons (Fsp3) is 0.889. The Bertz CT molecular complexity index is 250. The lowest BCUT2D eigenvalue weighted by molar-refractivity contribution is -0.284. The second kappa shape index (κ2) is 6.02. The molecule has 0 aliphatic rings. The number of carbonyl (C=O) groups excluding carboxylic acids is 1. The van der Waals surface area contributed by atoms with Gasteiger partial charge in [0.15, 0.2) is 0 Å². The number of alkyl halides is 5. The van der Waals surface area contributed by atoms with Crippen molar-refractivity contribution in [1.29, 1.82) is 0 Å². The lowest BCUT2D eigenvalue weighted by atomic mass is 10.2. The van der Waals surface area contributed by atoms with Gasteiger partial charge >= 0.3 is 18.3 Å². The first-order valence-electron chi connectivity index (χ1n) is 4.84. The van der Waals surface area contributed by atoms with Crippen LogP contribution >= 0.6 is 0 Å². The molecule has 0 atom stereocenters. The van der Waals surface area contributed by atoms with Crippen LogP contribution in [0, 0.1) is 0 Å². The van der Waals surface area contributed by atoms with Crippen LogP contribution in [0.5, 0.6) is 0 Å². The minimum atomic E-state index is -5.58. The van der Waals surface area contributed by atoms with Crippen LogP contribution in [0.2, 0.25) is 0 Å². The third-order valence-electron chi connectivity index (χ3n) is 1.60. The number of carbonyl (C=O) groups is 1. The summed E-state index contributed by atoms with van der Waals surface area (Å²) in [7, 11) is 0. The Labute approximate surface area is 94.9 Å². The van der Waals surface area contributed by atoms with Gasteiger partial charge in [0.2, 0.25) is 0 Å². The minimum absolute atomic E-state index is 0.445. The maximum atomic E-state index is 12.4. The number of hydrogen-bond acceptors (Lipinski definition) is 3. The Hall–Kier alpha value is -1.08. The fourth-order valence-electron chi connectivity index (χ4n) is 0.818.